The minimum atomic E-state index is -1.65. The Morgan fingerprint density at radius 1 is 1.19 bits per heavy atom. The third kappa shape index (κ3) is 4.21. The van der Waals surface area contributed by atoms with Gasteiger partial charge in [-0.2, -0.15) is 0 Å². The maximum atomic E-state index is 14.2. The topological polar surface area (TPSA) is 85.8 Å². The molecule has 2 aromatic carbocycles. The van der Waals surface area contributed by atoms with Crippen molar-refractivity contribution in [2.24, 2.45) is 0 Å². The molecule has 2 heterocycles. The summed E-state index contributed by atoms with van der Waals surface area (Å²) in [7, 11) is 0. The van der Waals surface area contributed by atoms with E-state index in [4.69, 9.17) is 27.9 Å². The highest BCUT2D eigenvalue weighted by atomic mass is 35.5. The minimum Gasteiger partial charge on any atom is -0.490 e. The number of nitrogens with zero attached hydrogens (tertiary/aromatic N) is 1. The molecule has 3 N–H and O–H groups in total. The van der Waals surface area contributed by atoms with Crippen LogP contribution in [0.25, 0.3) is 10.9 Å². The van der Waals surface area contributed by atoms with E-state index in [-0.39, 0.29) is 42.4 Å². The number of piperidine rings is 1. The maximum Gasteiger partial charge on any atom is 0.248 e. The van der Waals surface area contributed by atoms with Gasteiger partial charge in [-0.05, 0) is 36.8 Å². The van der Waals surface area contributed by atoms with Crippen molar-refractivity contribution in [3.63, 3.8) is 0 Å². The smallest absolute Gasteiger partial charge is 0.248 e. The Kier molecular flexibility index (Phi) is 5.83. The van der Waals surface area contributed by atoms with Crippen molar-refractivity contribution in [2.75, 3.05) is 24.6 Å². The van der Waals surface area contributed by atoms with E-state index in [1.165, 1.54) is 11.0 Å². The number of pyridine rings is 1. The van der Waals surface area contributed by atoms with E-state index in [9.17, 15) is 23.8 Å². The van der Waals surface area contributed by atoms with Gasteiger partial charge in [0.25, 0.3) is 0 Å². The molecule has 0 aliphatic carbocycles. The standard InChI is InChI=1S/C21H18Cl2F2N2O4/c22-11-7-14(24)20(15(25)8-11)27-6-5-21(30,17(28)9-27)10-31-16-3-2-13(23)19-12(16)1-4-18(29)26-19/h1-4,7-8,17,28,30H,5-6,9-10H2,(H,26,29)/t17-,21-/m1/s1. The number of H-pyrrole nitrogens is 1. The predicted molar refractivity (Wildman–Crippen MR) is 114 cm³/mol. The van der Waals surface area contributed by atoms with E-state index in [0.29, 0.717) is 21.7 Å². The van der Waals surface area contributed by atoms with Gasteiger partial charge in [0.2, 0.25) is 5.56 Å². The number of rotatable bonds is 4. The predicted octanol–water partition coefficient (Wildman–Crippen LogP) is 3.49. The molecule has 1 aliphatic heterocycles. The molecule has 1 aromatic heterocycles. The summed E-state index contributed by atoms with van der Waals surface area (Å²) in [5, 5.41) is 22.3. The van der Waals surface area contributed by atoms with Crippen LogP contribution in [0.4, 0.5) is 14.5 Å². The van der Waals surface area contributed by atoms with Crippen LogP contribution in [0.15, 0.2) is 41.2 Å². The third-order valence-electron chi connectivity index (χ3n) is 5.41. The number of aliphatic hydroxyl groups is 2. The summed E-state index contributed by atoms with van der Waals surface area (Å²) in [4.78, 5) is 15.5. The van der Waals surface area contributed by atoms with Crippen molar-refractivity contribution >= 4 is 39.8 Å². The third-order valence-corrected chi connectivity index (χ3v) is 5.94. The molecule has 1 aliphatic rings. The van der Waals surface area contributed by atoms with Crippen molar-refractivity contribution in [2.45, 2.75) is 18.1 Å². The molecule has 0 radical (unpaired) electrons. The molecule has 0 spiro atoms. The molecule has 31 heavy (non-hydrogen) atoms. The van der Waals surface area contributed by atoms with Crippen LogP contribution in [0, 0.1) is 11.6 Å². The monoisotopic (exact) mass is 470 g/mol. The minimum absolute atomic E-state index is 0.00196. The highest BCUT2D eigenvalue weighted by molar-refractivity contribution is 6.35. The van der Waals surface area contributed by atoms with Gasteiger partial charge in [0.05, 0.1) is 10.5 Å². The van der Waals surface area contributed by atoms with Gasteiger partial charge >= 0.3 is 0 Å². The first-order chi connectivity index (χ1) is 14.7. The first-order valence-corrected chi connectivity index (χ1v) is 10.2. The molecule has 164 valence electrons. The van der Waals surface area contributed by atoms with Gasteiger partial charge in [0, 0.05) is 29.6 Å². The number of anilines is 1. The average Bonchev–Trinajstić information content (AvgIpc) is 2.70. The van der Waals surface area contributed by atoms with Crippen molar-refractivity contribution in [3.05, 3.63) is 68.4 Å². The number of aliphatic hydroxyl groups excluding tert-OH is 1. The quantitative estimate of drug-likeness (QED) is 0.543. The van der Waals surface area contributed by atoms with Gasteiger partial charge in [0.15, 0.2) is 11.6 Å². The fourth-order valence-corrected chi connectivity index (χ4v) is 4.10. The second kappa shape index (κ2) is 8.27. The van der Waals surface area contributed by atoms with Gasteiger partial charge in [0.1, 0.15) is 29.7 Å². The molecule has 0 amide bonds. The highest BCUT2D eigenvalue weighted by Gasteiger charge is 2.42. The summed E-state index contributed by atoms with van der Waals surface area (Å²) in [6.07, 6.45) is -1.34. The fraction of sp³-hybridized carbons (Fsp3) is 0.286. The van der Waals surface area contributed by atoms with Crippen LogP contribution < -0.4 is 15.2 Å². The summed E-state index contributed by atoms with van der Waals surface area (Å²) in [5.41, 5.74) is -1.89. The first kappa shape index (κ1) is 21.8. The molecular formula is C21H18Cl2F2N2O4. The van der Waals surface area contributed by atoms with Gasteiger partial charge in [-0.1, -0.05) is 23.2 Å². The lowest BCUT2D eigenvalue weighted by Crippen LogP contribution is -2.58. The Morgan fingerprint density at radius 2 is 1.90 bits per heavy atom. The lowest BCUT2D eigenvalue weighted by Gasteiger charge is -2.42. The Bertz CT molecular complexity index is 1180. The summed E-state index contributed by atoms with van der Waals surface area (Å²) in [6.45, 7) is -0.394. The number of aromatic nitrogens is 1. The zero-order chi connectivity index (χ0) is 22.3. The summed E-state index contributed by atoms with van der Waals surface area (Å²) in [5.74, 6) is -1.34. The van der Waals surface area contributed by atoms with Gasteiger partial charge in [-0.25, -0.2) is 8.78 Å². The van der Waals surface area contributed by atoms with Crippen molar-refractivity contribution in [1.82, 2.24) is 4.98 Å². The maximum absolute atomic E-state index is 14.2. The van der Waals surface area contributed by atoms with E-state index >= 15 is 0 Å². The number of hydrogen-bond donors (Lipinski definition) is 3. The summed E-state index contributed by atoms with van der Waals surface area (Å²) >= 11 is 11.8. The highest BCUT2D eigenvalue weighted by Crippen LogP contribution is 2.34. The molecule has 0 unspecified atom stereocenters. The molecule has 2 atom stereocenters. The Balaban J connectivity index is 1.52. The number of halogens is 4. The number of ether oxygens (including phenoxy) is 1. The van der Waals surface area contributed by atoms with Crippen molar-refractivity contribution in [1.29, 1.82) is 0 Å². The van der Waals surface area contributed by atoms with E-state index < -0.39 is 23.3 Å². The molecule has 0 saturated carbocycles. The normalized spacial score (nSPS) is 21.5. The van der Waals surface area contributed by atoms with Crippen LogP contribution >= 0.6 is 23.2 Å². The van der Waals surface area contributed by atoms with Crippen LogP contribution in [0.5, 0.6) is 5.75 Å². The summed E-state index contributed by atoms with van der Waals surface area (Å²) in [6, 6.07) is 7.99. The van der Waals surface area contributed by atoms with Crippen LogP contribution in [-0.4, -0.2) is 46.6 Å². The molecule has 1 saturated heterocycles. The van der Waals surface area contributed by atoms with Crippen molar-refractivity contribution < 1.29 is 23.7 Å². The zero-order valence-electron chi connectivity index (χ0n) is 16.0. The van der Waals surface area contributed by atoms with Gasteiger partial charge < -0.3 is 24.8 Å². The number of benzene rings is 2. The number of fused-ring (bicyclic) bond motifs is 1. The number of β-amino-alcohol motifs (C(OH)–C–C–N with tert-alkyl or cyclic N) is 1. The summed E-state index contributed by atoms with van der Waals surface area (Å²) < 4.78 is 34.2. The molecule has 0 bridgehead atoms. The van der Waals surface area contributed by atoms with E-state index in [1.807, 2.05) is 0 Å². The van der Waals surface area contributed by atoms with Gasteiger partial charge in [-0.3, -0.25) is 4.79 Å². The Morgan fingerprint density at radius 3 is 2.58 bits per heavy atom. The molecule has 10 heteroatoms. The fourth-order valence-electron chi connectivity index (χ4n) is 3.69. The lowest BCUT2D eigenvalue weighted by atomic mass is 9.89. The second-order valence-corrected chi connectivity index (χ2v) is 8.32. The SMILES string of the molecule is O=c1ccc2c(OC[C@]3(O)CCN(c4c(F)cc(Cl)cc4F)C[C@H]3O)ccc(Cl)c2[nH]1. The largest absolute Gasteiger partial charge is 0.490 e. The van der Waals surface area contributed by atoms with Crippen LogP contribution in [0.3, 0.4) is 0 Å². The van der Waals surface area contributed by atoms with Crippen LogP contribution in [-0.2, 0) is 0 Å². The van der Waals surface area contributed by atoms with E-state index in [0.717, 1.165) is 12.1 Å². The van der Waals surface area contributed by atoms with Gasteiger partial charge in [-0.15, -0.1) is 0 Å². The molecule has 4 rings (SSSR count). The van der Waals surface area contributed by atoms with E-state index in [2.05, 4.69) is 4.98 Å². The Hall–Kier alpha value is -2.39. The molecule has 6 nitrogen and oxygen atoms in total. The first-order valence-electron chi connectivity index (χ1n) is 9.42. The molecule has 3 aromatic rings. The average molecular weight is 471 g/mol. The molecule has 1 fully saturated rings. The van der Waals surface area contributed by atoms with E-state index in [1.54, 1.807) is 18.2 Å². The number of hydrogen-bond acceptors (Lipinski definition) is 5. The van der Waals surface area contributed by atoms with Crippen molar-refractivity contribution in [3.8, 4) is 5.75 Å². The zero-order valence-corrected chi connectivity index (χ0v) is 17.6. The molecular weight excluding hydrogens is 453 g/mol. The second-order valence-electron chi connectivity index (χ2n) is 7.48. The van der Waals surface area contributed by atoms with Crippen LogP contribution in [0.1, 0.15) is 6.42 Å². The van der Waals surface area contributed by atoms with Crippen LogP contribution in [0.2, 0.25) is 10.0 Å². The Labute approximate surface area is 185 Å². The number of aromatic amines is 1. The number of nitrogens with one attached hydrogen (secondary N) is 1. The lowest BCUT2D eigenvalue weighted by molar-refractivity contribution is -0.108.